The molecule has 1 aliphatic carbocycles. The van der Waals surface area contributed by atoms with Gasteiger partial charge in [-0.3, -0.25) is 19.2 Å². The maximum Gasteiger partial charge on any atom is 0.407 e. The van der Waals surface area contributed by atoms with Crippen LogP contribution in [-0.4, -0.2) is 113 Å². The molecule has 2 aromatic rings. The fourth-order valence-corrected chi connectivity index (χ4v) is 8.77. The summed E-state index contributed by atoms with van der Waals surface area (Å²) in [5.74, 6) is -8.93. The number of aliphatic hydroxyl groups is 2. The van der Waals surface area contributed by atoms with Gasteiger partial charge in [0.1, 0.15) is 29.0 Å². The molecule has 0 radical (unpaired) electrons. The van der Waals surface area contributed by atoms with Crippen molar-refractivity contribution in [3.8, 4) is 11.5 Å². The van der Waals surface area contributed by atoms with Gasteiger partial charge in [-0.25, -0.2) is 4.79 Å². The van der Waals surface area contributed by atoms with Crippen molar-refractivity contribution in [1.29, 1.82) is 0 Å². The molecule has 0 spiro atoms. The zero-order valence-electron chi connectivity index (χ0n) is 37.1. The van der Waals surface area contributed by atoms with E-state index in [1.54, 1.807) is 69.0 Å². The summed E-state index contributed by atoms with van der Waals surface area (Å²) in [4.78, 5) is 72.5. The molecule has 2 aromatic carbocycles. The molecule has 5 N–H and O–H groups in total. The van der Waals surface area contributed by atoms with E-state index < -0.39 is 94.5 Å². The van der Waals surface area contributed by atoms with Crippen LogP contribution in [0.25, 0.3) is 0 Å². The number of phenolic OH excluding ortho intramolecular Hbond substituents is 1. The van der Waals surface area contributed by atoms with E-state index in [9.17, 15) is 39.3 Å². The number of allylic oxidation sites excluding steroid dienone is 4. The minimum atomic E-state index is -2.11. The van der Waals surface area contributed by atoms with Crippen molar-refractivity contribution in [2.24, 2.45) is 23.7 Å². The van der Waals surface area contributed by atoms with Gasteiger partial charge >= 0.3 is 11.9 Å². The highest BCUT2D eigenvalue weighted by Gasteiger charge is 2.53. The van der Waals surface area contributed by atoms with Crippen LogP contribution in [0.3, 0.4) is 0 Å². The normalized spacial score (nSPS) is 29.2. The fourth-order valence-electron chi connectivity index (χ4n) is 8.56. The highest BCUT2D eigenvalue weighted by molar-refractivity contribution is 6.32. The van der Waals surface area contributed by atoms with Gasteiger partial charge in [0.15, 0.2) is 0 Å². The van der Waals surface area contributed by atoms with Crippen LogP contribution in [0.1, 0.15) is 83.7 Å². The van der Waals surface area contributed by atoms with Crippen LogP contribution in [0.2, 0.25) is 5.02 Å². The Bertz CT molecular complexity index is 2320. The van der Waals surface area contributed by atoms with Crippen molar-refractivity contribution >= 4 is 41.0 Å². The molecule has 1 saturated heterocycles. The van der Waals surface area contributed by atoms with E-state index in [4.69, 9.17) is 35.3 Å². The Labute approximate surface area is 376 Å². The standard InChI is InChI=1S/C47H56ClN3O13/c1-23-11-9-12-24(2)45(58)50-35-36(51-16-19-61-20-17-51)41(56)32-33(40(35)55)39(54)28(6)43-34(32)44(57)47(7,64-43)62-18-15-31(60-8)25(3)42(27(5)38(53)26(4)37(23)52)63-46(59)49-22-29-13-10-14-30(48)21-29/h9-15,18,21,23,25-27,31,37-38,42,52-54H,16-17,19-20,22H2,1-8H3,(H,49,59)(H,50,58)/t23-,25+,26+,27+,31-,37-,38+,42+,47-/m0/s1. The number of amides is 2. The monoisotopic (exact) mass is 905 g/mol. The summed E-state index contributed by atoms with van der Waals surface area (Å²) in [5.41, 5.74) is -0.840. The van der Waals surface area contributed by atoms with Gasteiger partial charge in [0.25, 0.3) is 11.7 Å². The molecule has 2 amide bonds. The number of rotatable bonds is 5. The number of aromatic hydroxyl groups is 1. The number of ether oxygens (including phenoxy) is 5. The summed E-state index contributed by atoms with van der Waals surface area (Å²) in [6.07, 6.45) is 2.27. The number of morpholine rings is 1. The van der Waals surface area contributed by atoms with Crippen LogP contribution in [0.5, 0.6) is 11.5 Å². The maximum absolute atomic E-state index is 14.8. The lowest BCUT2D eigenvalue weighted by molar-refractivity contribution is -0.116. The highest BCUT2D eigenvalue weighted by Crippen LogP contribution is 2.49. The molecule has 17 heteroatoms. The van der Waals surface area contributed by atoms with Gasteiger partial charge in [-0.15, -0.1) is 0 Å². The summed E-state index contributed by atoms with van der Waals surface area (Å²) in [5, 5.41) is 40.7. The first-order valence-corrected chi connectivity index (χ1v) is 21.6. The van der Waals surface area contributed by atoms with Crippen molar-refractivity contribution in [2.75, 3.05) is 33.4 Å². The topological polar surface area (TPSA) is 219 Å². The van der Waals surface area contributed by atoms with Gasteiger partial charge in [-0.05, 0) is 37.6 Å². The fraction of sp³-hybridized carbons (Fsp3) is 0.468. The van der Waals surface area contributed by atoms with Crippen LogP contribution in [0.15, 0.2) is 71.8 Å². The molecule has 7 rings (SSSR count). The lowest BCUT2D eigenvalue weighted by atomic mass is 9.78. The molecular formula is C47H56ClN3O13. The Morgan fingerprint density at radius 1 is 0.969 bits per heavy atom. The Morgan fingerprint density at radius 3 is 2.34 bits per heavy atom. The summed E-state index contributed by atoms with van der Waals surface area (Å²) in [6.45, 7) is 12.0. The third kappa shape index (κ3) is 9.47. The Hall–Kier alpha value is -5.52. The van der Waals surface area contributed by atoms with Crippen LogP contribution in [0.4, 0.5) is 4.79 Å². The van der Waals surface area contributed by atoms with E-state index in [2.05, 4.69) is 10.6 Å². The van der Waals surface area contributed by atoms with Crippen LogP contribution < -0.4 is 15.4 Å². The molecule has 5 bridgehead atoms. The molecule has 64 heavy (non-hydrogen) atoms. The van der Waals surface area contributed by atoms with Crippen molar-refractivity contribution in [2.45, 2.75) is 85.2 Å². The predicted molar refractivity (Wildman–Crippen MR) is 234 cm³/mol. The smallest absolute Gasteiger partial charge is 0.407 e. The molecule has 0 aromatic heterocycles. The molecule has 9 atom stereocenters. The SMILES string of the molecule is CO[C@H]1C=CO[C@@]2(C)Oc3c(C)c(O)c4c(c3C2=O)C(=O)C(N2CCOCC2)=C(NC(=O)C(C)=CC=C[C@H](C)[C@H](O)[C@@H](C)[C@@H](O)[C@@H](C)[C@H](OC(=O)NCc2cccc(Cl)c2)[C@@H]1C)C4=O. The van der Waals surface area contributed by atoms with Gasteiger partial charge in [0, 0.05) is 73.5 Å². The lowest BCUT2D eigenvalue weighted by Crippen LogP contribution is -2.47. The van der Waals surface area contributed by atoms with Crippen molar-refractivity contribution in [3.63, 3.8) is 0 Å². The first kappa shape index (κ1) is 47.9. The summed E-state index contributed by atoms with van der Waals surface area (Å²) in [7, 11) is 1.42. The summed E-state index contributed by atoms with van der Waals surface area (Å²) >= 11 is 6.14. The minimum Gasteiger partial charge on any atom is -0.507 e. The lowest BCUT2D eigenvalue weighted by Gasteiger charge is -2.38. The number of carbonyl (C=O) groups is 5. The van der Waals surface area contributed by atoms with Gasteiger partial charge in [0.05, 0.1) is 54.5 Å². The number of Topliss-reactive ketones (excluding diaryl/α,β-unsaturated/α-hetero) is 3. The predicted octanol–water partition coefficient (Wildman–Crippen LogP) is 5.31. The number of benzene rings is 2. The number of hydrogen-bond donors (Lipinski definition) is 5. The average molecular weight is 906 g/mol. The zero-order chi connectivity index (χ0) is 46.8. The molecule has 4 heterocycles. The number of nitrogens with zero attached hydrogens (tertiary/aromatic N) is 1. The number of ketones is 3. The number of nitrogens with one attached hydrogen (secondary N) is 2. The van der Waals surface area contributed by atoms with Crippen molar-refractivity contribution < 1.29 is 63.0 Å². The minimum absolute atomic E-state index is 0.0121. The van der Waals surface area contributed by atoms with Gasteiger partial charge in [-0.2, -0.15) is 0 Å². The third-order valence-electron chi connectivity index (χ3n) is 12.5. The van der Waals surface area contributed by atoms with E-state index >= 15 is 0 Å². The summed E-state index contributed by atoms with van der Waals surface area (Å²) < 4.78 is 29.5. The summed E-state index contributed by atoms with van der Waals surface area (Å²) in [6, 6.07) is 6.94. The van der Waals surface area contributed by atoms with E-state index in [-0.39, 0.29) is 72.3 Å². The number of hydrogen-bond acceptors (Lipinski definition) is 14. The first-order valence-electron chi connectivity index (χ1n) is 21.2. The second-order valence-electron chi connectivity index (χ2n) is 16.9. The molecule has 0 saturated carbocycles. The van der Waals surface area contributed by atoms with Crippen LogP contribution >= 0.6 is 11.6 Å². The second kappa shape index (κ2) is 19.7. The molecule has 16 nitrogen and oxygen atoms in total. The van der Waals surface area contributed by atoms with Gasteiger partial charge in [0.2, 0.25) is 11.6 Å². The number of halogens is 1. The molecular weight excluding hydrogens is 850 g/mol. The number of fused-ring (bicyclic) bond motifs is 14. The number of phenols is 1. The molecule has 5 aliphatic rings. The quantitative estimate of drug-likeness (QED) is 0.257. The van der Waals surface area contributed by atoms with E-state index in [1.807, 2.05) is 0 Å². The second-order valence-corrected chi connectivity index (χ2v) is 17.3. The molecule has 1 fully saturated rings. The Balaban J connectivity index is 1.42. The van der Waals surface area contributed by atoms with Crippen LogP contribution in [-0.2, 0) is 30.3 Å². The Kier molecular flexibility index (Phi) is 14.8. The first-order chi connectivity index (χ1) is 30.3. The average Bonchev–Trinajstić information content (AvgIpc) is 3.54. The van der Waals surface area contributed by atoms with Crippen LogP contribution in [0, 0.1) is 30.6 Å². The van der Waals surface area contributed by atoms with Gasteiger partial charge < -0.3 is 54.5 Å². The van der Waals surface area contributed by atoms with Crippen molar-refractivity contribution in [3.05, 3.63) is 105 Å². The molecule has 0 unspecified atom stereocenters. The number of aliphatic hydroxyl groups excluding tert-OH is 2. The van der Waals surface area contributed by atoms with Crippen molar-refractivity contribution in [1.82, 2.24) is 15.5 Å². The third-order valence-corrected chi connectivity index (χ3v) is 12.8. The molecule has 344 valence electrons. The number of alkyl carbamates (subject to hydrolysis) is 1. The largest absolute Gasteiger partial charge is 0.507 e. The van der Waals surface area contributed by atoms with Gasteiger partial charge in [-0.1, -0.05) is 69.7 Å². The number of methoxy groups -OCH3 is 1. The number of carbonyl (C=O) groups excluding carboxylic acids is 5. The zero-order valence-corrected chi connectivity index (χ0v) is 37.9. The highest BCUT2D eigenvalue weighted by atomic mass is 35.5. The van der Waals surface area contributed by atoms with E-state index in [0.717, 1.165) is 5.56 Å². The molecule has 4 aliphatic heterocycles. The maximum atomic E-state index is 14.8. The van der Waals surface area contributed by atoms with E-state index in [1.165, 1.54) is 46.3 Å². The van der Waals surface area contributed by atoms with E-state index in [0.29, 0.717) is 5.02 Å². The Morgan fingerprint density at radius 2 is 1.67 bits per heavy atom.